The molecule has 0 aliphatic carbocycles. The van der Waals surface area contributed by atoms with E-state index in [0.717, 1.165) is 0 Å². The molecule has 0 unspecified atom stereocenters. The van der Waals surface area contributed by atoms with Gasteiger partial charge in [0.25, 0.3) is 0 Å². The van der Waals surface area contributed by atoms with E-state index in [9.17, 15) is 4.79 Å². The molecule has 18 heavy (non-hydrogen) atoms. The molecule has 0 aliphatic heterocycles. The third-order valence-electron chi connectivity index (χ3n) is 3.10. The van der Waals surface area contributed by atoms with Crippen LogP contribution in [0.15, 0.2) is 0 Å². The molecular weight excluding hydrogens is 226 g/mol. The lowest BCUT2D eigenvalue weighted by Crippen LogP contribution is -2.46. The molecule has 0 fully saturated rings. The number of hydrogen-bond donors (Lipinski definition) is 0. The number of ether oxygens (including phenoxy) is 1. The molecule has 0 bridgehead atoms. The highest BCUT2D eigenvalue weighted by Gasteiger charge is 2.37. The second-order valence-electron chi connectivity index (χ2n) is 7.00. The Morgan fingerprint density at radius 2 is 1.56 bits per heavy atom. The number of carbonyl (C=O) groups excluding carboxylic acids is 1. The predicted octanol–water partition coefficient (Wildman–Crippen LogP) is 3.47. The van der Waals surface area contributed by atoms with E-state index in [0.29, 0.717) is 6.42 Å². The molecule has 3 heteroatoms. The summed E-state index contributed by atoms with van der Waals surface area (Å²) in [6.07, 6.45) is 0.891. The van der Waals surface area contributed by atoms with Crippen LogP contribution in [0.3, 0.4) is 0 Å². The Balaban J connectivity index is 4.79. The third-order valence-corrected chi connectivity index (χ3v) is 3.10. The van der Waals surface area contributed by atoms with Crippen molar-refractivity contribution in [2.45, 2.75) is 79.6 Å². The van der Waals surface area contributed by atoms with Crippen LogP contribution in [-0.2, 0) is 9.53 Å². The van der Waals surface area contributed by atoms with Gasteiger partial charge in [-0.05, 0) is 48.0 Å². The molecule has 108 valence electrons. The molecule has 0 radical (unpaired) electrons. The SMILES string of the molecule is CC(C)OC(C)(C)CC(C)(C)C(=O)N(C)C(C)C. The van der Waals surface area contributed by atoms with Crippen LogP contribution in [0.5, 0.6) is 0 Å². The highest BCUT2D eigenvalue weighted by molar-refractivity contribution is 5.82. The lowest BCUT2D eigenvalue weighted by molar-refractivity contribution is -0.147. The van der Waals surface area contributed by atoms with E-state index in [1.807, 2.05) is 53.5 Å². The Morgan fingerprint density at radius 3 is 1.89 bits per heavy atom. The van der Waals surface area contributed by atoms with Crippen LogP contribution < -0.4 is 0 Å². The lowest BCUT2D eigenvalue weighted by Gasteiger charge is -2.38. The monoisotopic (exact) mass is 257 g/mol. The van der Waals surface area contributed by atoms with Gasteiger partial charge in [0.05, 0.1) is 11.7 Å². The van der Waals surface area contributed by atoms with Crippen molar-refractivity contribution in [1.82, 2.24) is 4.90 Å². The Hall–Kier alpha value is -0.570. The number of amides is 1. The molecule has 0 aromatic heterocycles. The molecule has 3 nitrogen and oxygen atoms in total. The number of rotatable bonds is 6. The van der Waals surface area contributed by atoms with Crippen LogP contribution in [0, 0.1) is 5.41 Å². The molecular formula is C15H31NO2. The first-order valence-electron chi connectivity index (χ1n) is 6.84. The summed E-state index contributed by atoms with van der Waals surface area (Å²) in [5.74, 6) is 0.179. The standard InChI is InChI=1S/C15H31NO2/c1-11(2)16(9)13(17)14(5,6)10-15(7,8)18-12(3)4/h11-12H,10H2,1-9H3. The normalized spacial score (nSPS) is 13.3. The number of carbonyl (C=O) groups is 1. The summed E-state index contributed by atoms with van der Waals surface area (Å²) in [5, 5.41) is 0. The van der Waals surface area contributed by atoms with Crippen LogP contribution in [0.25, 0.3) is 0 Å². The molecule has 0 N–H and O–H groups in total. The predicted molar refractivity (Wildman–Crippen MR) is 76.6 cm³/mol. The lowest BCUT2D eigenvalue weighted by atomic mass is 9.80. The van der Waals surface area contributed by atoms with Gasteiger partial charge < -0.3 is 9.64 Å². The van der Waals surface area contributed by atoms with Gasteiger partial charge in [-0.1, -0.05) is 13.8 Å². The summed E-state index contributed by atoms with van der Waals surface area (Å²) < 4.78 is 5.89. The van der Waals surface area contributed by atoms with Gasteiger partial charge in [0, 0.05) is 18.5 Å². The zero-order chi connectivity index (χ0) is 14.7. The van der Waals surface area contributed by atoms with Crippen molar-refractivity contribution < 1.29 is 9.53 Å². The molecule has 0 spiro atoms. The largest absolute Gasteiger partial charge is 0.373 e. The molecule has 0 saturated heterocycles. The van der Waals surface area contributed by atoms with E-state index in [2.05, 4.69) is 13.8 Å². The van der Waals surface area contributed by atoms with E-state index in [4.69, 9.17) is 4.74 Å². The van der Waals surface area contributed by atoms with Crippen molar-refractivity contribution >= 4 is 5.91 Å². The van der Waals surface area contributed by atoms with Gasteiger partial charge in [-0.3, -0.25) is 4.79 Å². The van der Waals surface area contributed by atoms with Crippen LogP contribution in [0.2, 0.25) is 0 Å². The fourth-order valence-electron chi connectivity index (χ4n) is 2.53. The van der Waals surface area contributed by atoms with E-state index in [1.165, 1.54) is 0 Å². The van der Waals surface area contributed by atoms with Crippen molar-refractivity contribution in [1.29, 1.82) is 0 Å². The van der Waals surface area contributed by atoms with Gasteiger partial charge in [0.15, 0.2) is 0 Å². The minimum Gasteiger partial charge on any atom is -0.373 e. The van der Waals surface area contributed by atoms with E-state index >= 15 is 0 Å². The fourth-order valence-corrected chi connectivity index (χ4v) is 2.53. The first kappa shape index (κ1) is 17.4. The van der Waals surface area contributed by atoms with Gasteiger partial charge >= 0.3 is 0 Å². The second kappa shape index (κ2) is 6.05. The number of nitrogens with zero attached hydrogens (tertiary/aromatic N) is 1. The minimum absolute atomic E-state index is 0.175. The zero-order valence-corrected chi connectivity index (χ0v) is 13.6. The van der Waals surface area contributed by atoms with Gasteiger partial charge in [0.1, 0.15) is 0 Å². The topological polar surface area (TPSA) is 29.5 Å². The number of hydrogen-bond acceptors (Lipinski definition) is 2. The molecule has 0 aromatic rings. The fraction of sp³-hybridized carbons (Fsp3) is 0.933. The van der Waals surface area contributed by atoms with E-state index < -0.39 is 5.41 Å². The van der Waals surface area contributed by atoms with Crippen LogP contribution in [0.4, 0.5) is 0 Å². The van der Waals surface area contributed by atoms with Gasteiger partial charge in [-0.2, -0.15) is 0 Å². The van der Waals surface area contributed by atoms with Gasteiger partial charge in [-0.15, -0.1) is 0 Å². The maximum absolute atomic E-state index is 12.4. The van der Waals surface area contributed by atoms with Gasteiger partial charge in [-0.25, -0.2) is 0 Å². The molecule has 0 atom stereocenters. The van der Waals surface area contributed by atoms with Crippen LogP contribution >= 0.6 is 0 Å². The molecule has 0 aromatic carbocycles. The van der Waals surface area contributed by atoms with Crippen molar-refractivity contribution in [3.63, 3.8) is 0 Å². The van der Waals surface area contributed by atoms with Gasteiger partial charge in [0.2, 0.25) is 5.91 Å². The molecule has 0 rings (SSSR count). The van der Waals surface area contributed by atoms with Crippen molar-refractivity contribution in [3.05, 3.63) is 0 Å². The van der Waals surface area contributed by atoms with Crippen molar-refractivity contribution in [3.8, 4) is 0 Å². The first-order chi connectivity index (χ1) is 7.89. The smallest absolute Gasteiger partial charge is 0.228 e. The van der Waals surface area contributed by atoms with Crippen molar-refractivity contribution in [2.24, 2.45) is 5.41 Å². The van der Waals surface area contributed by atoms with Crippen molar-refractivity contribution in [2.75, 3.05) is 7.05 Å². The maximum Gasteiger partial charge on any atom is 0.228 e. The Labute approximate surface area is 113 Å². The molecule has 1 amide bonds. The Bertz CT molecular complexity index is 280. The van der Waals surface area contributed by atoms with Crippen LogP contribution in [-0.4, -0.2) is 35.6 Å². The van der Waals surface area contributed by atoms with E-state index in [-0.39, 0.29) is 23.7 Å². The summed E-state index contributed by atoms with van der Waals surface area (Å²) in [4.78, 5) is 14.3. The summed E-state index contributed by atoms with van der Waals surface area (Å²) in [6, 6.07) is 0.228. The minimum atomic E-state index is -0.405. The second-order valence-corrected chi connectivity index (χ2v) is 7.00. The molecule has 0 heterocycles. The zero-order valence-electron chi connectivity index (χ0n) is 13.6. The van der Waals surface area contributed by atoms with E-state index in [1.54, 1.807) is 0 Å². The summed E-state index contributed by atoms with van der Waals surface area (Å²) in [6.45, 7) is 16.2. The quantitative estimate of drug-likeness (QED) is 0.729. The van der Waals surface area contributed by atoms with Crippen LogP contribution in [0.1, 0.15) is 61.8 Å². The highest BCUT2D eigenvalue weighted by Crippen LogP contribution is 2.33. The third kappa shape index (κ3) is 5.38. The Morgan fingerprint density at radius 1 is 1.11 bits per heavy atom. The average Bonchev–Trinajstić information content (AvgIpc) is 2.10. The molecule has 0 aliphatic rings. The summed E-state index contributed by atoms with van der Waals surface area (Å²) in [7, 11) is 1.87. The highest BCUT2D eigenvalue weighted by atomic mass is 16.5. The molecule has 0 saturated carbocycles. The average molecular weight is 257 g/mol. The Kier molecular flexibility index (Phi) is 5.86. The summed E-state index contributed by atoms with van der Waals surface area (Å²) in [5.41, 5.74) is -0.692. The first-order valence-corrected chi connectivity index (χ1v) is 6.84. The summed E-state index contributed by atoms with van der Waals surface area (Å²) >= 11 is 0. The maximum atomic E-state index is 12.4.